The third-order valence-electron chi connectivity index (χ3n) is 7.74. The highest BCUT2D eigenvalue weighted by atomic mass is 32.2. The van der Waals surface area contributed by atoms with Gasteiger partial charge in [-0.2, -0.15) is 18.0 Å². The molecule has 1 spiro atoms. The van der Waals surface area contributed by atoms with Gasteiger partial charge in [-0.25, -0.2) is 27.4 Å². The van der Waals surface area contributed by atoms with Crippen LogP contribution in [0, 0.1) is 17.2 Å². The first-order chi connectivity index (χ1) is 17.7. The molecule has 4 heterocycles. The predicted molar refractivity (Wildman–Crippen MR) is 139 cm³/mol. The number of rotatable bonds is 10. The molecule has 2 aliphatic heterocycles. The van der Waals surface area contributed by atoms with Crippen molar-refractivity contribution in [3.05, 3.63) is 18.6 Å². The van der Waals surface area contributed by atoms with Gasteiger partial charge in [-0.3, -0.25) is 0 Å². The minimum Gasteiger partial charge on any atom is -0.353 e. The Morgan fingerprint density at radius 3 is 2.81 bits per heavy atom. The molecule has 0 amide bonds. The van der Waals surface area contributed by atoms with Crippen molar-refractivity contribution in [1.29, 1.82) is 5.26 Å². The largest absolute Gasteiger partial charge is 0.353 e. The van der Waals surface area contributed by atoms with Crippen LogP contribution in [0.15, 0.2) is 18.6 Å². The summed E-state index contributed by atoms with van der Waals surface area (Å²) >= 11 is 0. The number of piperidine rings is 1. The average molecular weight is 551 g/mol. The van der Waals surface area contributed by atoms with Gasteiger partial charge in [0, 0.05) is 51.9 Å². The Morgan fingerprint density at radius 2 is 2.03 bits per heavy atom. The second kappa shape index (κ2) is 10.5. The topological polar surface area (TPSA) is 155 Å². The number of aromatic amines is 1. The van der Waals surface area contributed by atoms with Gasteiger partial charge in [0.2, 0.25) is 10.0 Å². The van der Waals surface area contributed by atoms with Crippen molar-refractivity contribution in [2.24, 2.45) is 5.92 Å². The Kier molecular flexibility index (Phi) is 7.43. The van der Waals surface area contributed by atoms with Crippen molar-refractivity contribution in [2.45, 2.75) is 50.5 Å². The summed E-state index contributed by atoms with van der Waals surface area (Å²) in [7, 11) is -7.05. The van der Waals surface area contributed by atoms with Crippen LogP contribution in [0.2, 0.25) is 0 Å². The van der Waals surface area contributed by atoms with E-state index in [4.69, 9.17) is 5.26 Å². The van der Waals surface area contributed by atoms with Crippen LogP contribution in [0.5, 0.6) is 0 Å². The van der Waals surface area contributed by atoms with Gasteiger partial charge in [-0.15, -0.1) is 0 Å². The minimum absolute atomic E-state index is 0.0153. The zero-order valence-electron chi connectivity index (χ0n) is 20.8. The molecule has 2 saturated heterocycles. The predicted octanol–water partition coefficient (Wildman–Crippen LogP) is 1.18. The van der Waals surface area contributed by atoms with Gasteiger partial charge >= 0.3 is 0 Å². The molecule has 3 fully saturated rings. The van der Waals surface area contributed by atoms with Gasteiger partial charge in [0.15, 0.2) is 0 Å². The number of aromatic nitrogens is 3. The third-order valence-corrected chi connectivity index (χ3v) is 11.4. The highest BCUT2D eigenvalue weighted by molar-refractivity contribution is 7.89. The summed E-state index contributed by atoms with van der Waals surface area (Å²) < 4.78 is 57.7. The highest BCUT2D eigenvalue weighted by Crippen LogP contribution is 2.46. The molecule has 2 aromatic rings. The molecule has 0 radical (unpaired) electrons. The number of unbranched alkanes of at least 4 members (excludes halogenated alkanes) is 1. The van der Waals surface area contributed by atoms with Crippen molar-refractivity contribution in [3.8, 4) is 6.07 Å². The standard InChI is InChI=1S/C23H34N8O4S2/c24-9-1-2-15-36(32,33)30-12-3-4-19(16-30)5-11-28-37(34,35)31-14-13-29(17-23(31)7-8-23)22-20-6-10-25-21(20)26-18-27-22/h6,10,18-19,28H,1-5,7-8,11-17H2,(H,25,26,27). The fourth-order valence-electron chi connectivity index (χ4n) is 5.63. The molecule has 1 atom stereocenters. The molecule has 0 aromatic carbocycles. The van der Waals surface area contributed by atoms with Crippen molar-refractivity contribution < 1.29 is 16.8 Å². The SMILES string of the molecule is N#CCCCS(=O)(=O)N1CCCC(CCNS(=O)(=O)N2CCN(c3ncnc4[nH]ccc34)CC23CC3)C1. The molecule has 1 unspecified atom stereocenters. The number of hydrogen-bond acceptors (Lipinski definition) is 8. The Morgan fingerprint density at radius 1 is 1.19 bits per heavy atom. The van der Waals surface area contributed by atoms with E-state index in [-0.39, 0.29) is 24.6 Å². The molecule has 37 heavy (non-hydrogen) atoms. The lowest BCUT2D eigenvalue weighted by molar-refractivity contribution is 0.252. The maximum Gasteiger partial charge on any atom is 0.280 e. The van der Waals surface area contributed by atoms with Gasteiger partial charge in [-0.05, 0) is 50.5 Å². The van der Waals surface area contributed by atoms with Gasteiger partial charge in [0.25, 0.3) is 10.2 Å². The lowest BCUT2D eigenvalue weighted by Gasteiger charge is -2.41. The van der Waals surface area contributed by atoms with E-state index >= 15 is 0 Å². The molecule has 14 heteroatoms. The van der Waals surface area contributed by atoms with E-state index in [1.54, 1.807) is 4.31 Å². The van der Waals surface area contributed by atoms with Crippen LogP contribution in [0.3, 0.4) is 0 Å². The molecule has 202 valence electrons. The first-order valence-corrected chi connectivity index (χ1v) is 15.9. The second-order valence-corrected chi connectivity index (χ2v) is 14.1. The number of nitrogens with one attached hydrogen (secondary N) is 2. The smallest absolute Gasteiger partial charge is 0.280 e. The van der Waals surface area contributed by atoms with Gasteiger partial charge < -0.3 is 9.88 Å². The number of nitriles is 1. The molecule has 1 saturated carbocycles. The monoisotopic (exact) mass is 550 g/mol. The van der Waals surface area contributed by atoms with Crippen LogP contribution in [-0.4, -0.2) is 91.0 Å². The number of fused-ring (bicyclic) bond motifs is 1. The normalized spacial score (nSPS) is 22.9. The summed E-state index contributed by atoms with van der Waals surface area (Å²) in [4.78, 5) is 14.0. The number of H-pyrrole nitrogens is 1. The molecular formula is C23H34N8O4S2. The summed E-state index contributed by atoms with van der Waals surface area (Å²) in [5.41, 5.74) is 0.347. The number of sulfonamides is 1. The molecular weight excluding hydrogens is 516 g/mol. The third kappa shape index (κ3) is 5.61. The first kappa shape index (κ1) is 26.3. The maximum atomic E-state index is 13.3. The lowest BCUT2D eigenvalue weighted by atomic mass is 9.96. The fraction of sp³-hybridized carbons (Fsp3) is 0.696. The molecule has 3 aliphatic rings. The van der Waals surface area contributed by atoms with E-state index in [0.29, 0.717) is 45.6 Å². The van der Waals surface area contributed by atoms with Gasteiger partial charge in [0.05, 0.1) is 22.7 Å². The molecule has 2 N–H and O–H groups in total. The van der Waals surface area contributed by atoms with Crippen molar-refractivity contribution in [1.82, 2.24) is 28.3 Å². The Hall–Kier alpha value is -2.31. The zero-order chi connectivity index (χ0) is 26.1. The first-order valence-electron chi connectivity index (χ1n) is 12.9. The zero-order valence-corrected chi connectivity index (χ0v) is 22.5. The van der Waals surface area contributed by atoms with Crippen molar-refractivity contribution in [2.75, 3.05) is 49.9 Å². The van der Waals surface area contributed by atoms with Crippen LogP contribution in [0.1, 0.15) is 44.9 Å². The summed E-state index contributed by atoms with van der Waals surface area (Å²) in [6, 6.07) is 3.93. The second-order valence-electron chi connectivity index (χ2n) is 10.3. The van der Waals surface area contributed by atoms with Crippen LogP contribution < -0.4 is 9.62 Å². The Balaban J connectivity index is 1.16. The molecule has 1 aliphatic carbocycles. The van der Waals surface area contributed by atoms with E-state index in [0.717, 1.165) is 42.5 Å². The summed E-state index contributed by atoms with van der Waals surface area (Å²) in [6.45, 7) is 2.69. The van der Waals surface area contributed by atoms with E-state index in [1.807, 2.05) is 18.3 Å². The van der Waals surface area contributed by atoms with E-state index < -0.39 is 25.8 Å². The van der Waals surface area contributed by atoms with Crippen molar-refractivity contribution in [3.63, 3.8) is 0 Å². The molecule has 0 bridgehead atoms. The van der Waals surface area contributed by atoms with E-state index in [9.17, 15) is 16.8 Å². The van der Waals surface area contributed by atoms with E-state index in [2.05, 4.69) is 24.6 Å². The number of piperazine rings is 1. The fourth-order valence-corrected chi connectivity index (χ4v) is 8.84. The van der Waals surface area contributed by atoms with Crippen molar-refractivity contribution >= 4 is 37.1 Å². The lowest BCUT2D eigenvalue weighted by Crippen LogP contribution is -2.59. The van der Waals surface area contributed by atoms with E-state index in [1.165, 1.54) is 10.6 Å². The maximum absolute atomic E-state index is 13.3. The van der Waals surface area contributed by atoms with Gasteiger partial charge in [-0.1, -0.05) is 0 Å². The molecule has 5 rings (SSSR count). The van der Waals surface area contributed by atoms with Crippen LogP contribution in [0.25, 0.3) is 11.0 Å². The van der Waals surface area contributed by atoms with Gasteiger partial charge in [0.1, 0.15) is 17.8 Å². The average Bonchev–Trinajstić information content (AvgIpc) is 3.44. The van der Waals surface area contributed by atoms with Crippen LogP contribution in [0.4, 0.5) is 5.82 Å². The summed E-state index contributed by atoms with van der Waals surface area (Å²) in [5, 5.41) is 9.61. The highest BCUT2D eigenvalue weighted by Gasteiger charge is 2.56. The molecule has 12 nitrogen and oxygen atoms in total. The Labute approximate surface area is 218 Å². The quantitative estimate of drug-likeness (QED) is 0.418. The Bertz CT molecular complexity index is 1370. The number of hydrogen-bond donors (Lipinski definition) is 2. The molecule has 2 aromatic heterocycles. The minimum atomic E-state index is -3.67. The number of nitrogens with zero attached hydrogens (tertiary/aromatic N) is 6. The van der Waals surface area contributed by atoms with Crippen LogP contribution in [-0.2, 0) is 20.2 Å². The number of anilines is 1. The summed E-state index contributed by atoms with van der Waals surface area (Å²) in [6.07, 6.45) is 7.77. The van der Waals surface area contributed by atoms with Crippen LogP contribution >= 0.6 is 0 Å². The summed E-state index contributed by atoms with van der Waals surface area (Å²) in [5.74, 6) is 0.917.